The average Bonchev–Trinajstić information content (AvgIpc) is 3.10. The third kappa shape index (κ3) is 8.76. The second-order valence-electron chi connectivity index (χ2n) is 12.2. The van der Waals surface area contributed by atoms with Crippen LogP contribution >= 0.6 is 11.6 Å². The molecule has 1 aliphatic carbocycles. The SMILES string of the molecule is COc1ccc(N(CC(=O)N(Cc2ccccc2)[C@@H](Cc2ccccc2)C(=O)NC2CCCCC2)S(=O)(=O)c2ccc(C)cc2)cc1Cl. The zero-order valence-corrected chi connectivity index (χ0v) is 28.9. The Bertz CT molecular complexity index is 1780. The van der Waals surface area contributed by atoms with Crippen LogP contribution in [0.4, 0.5) is 5.69 Å². The van der Waals surface area contributed by atoms with E-state index < -0.39 is 28.5 Å². The molecule has 8 nitrogen and oxygen atoms in total. The first-order chi connectivity index (χ1) is 23.2. The van der Waals surface area contributed by atoms with Gasteiger partial charge in [-0.3, -0.25) is 13.9 Å². The van der Waals surface area contributed by atoms with Crippen LogP contribution in [-0.4, -0.2) is 50.9 Å². The van der Waals surface area contributed by atoms with E-state index in [2.05, 4.69) is 5.32 Å². The standard InChI is InChI=1S/C38H42ClN3O5S/c1-28-18-21-33(22-19-28)48(45,46)42(32-20-23-36(47-2)34(39)25-32)27-37(43)41(26-30-14-8-4-9-15-30)35(24-29-12-6-3-7-13-29)38(44)40-31-16-10-5-11-17-31/h3-4,6-9,12-15,18-23,25,31,35H,5,10-11,16-17,24,26-27H2,1-2H3,(H,40,44)/t35-/m0/s1. The molecule has 1 aliphatic rings. The molecule has 0 bridgehead atoms. The lowest BCUT2D eigenvalue weighted by Gasteiger charge is -2.35. The van der Waals surface area contributed by atoms with Crippen molar-refractivity contribution < 1.29 is 22.7 Å². The van der Waals surface area contributed by atoms with E-state index >= 15 is 0 Å². The Hall–Kier alpha value is -4.34. The minimum atomic E-state index is -4.25. The number of rotatable bonds is 13. The van der Waals surface area contributed by atoms with Crippen LogP contribution in [0.15, 0.2) is 108 Å². The fourth-order valence-corrected chi connectivity index (χ4v) is 7.71. The van der Waals surface area contributed by atoms with Crippen molar-refractivity contribution in [1.82, 2.24) is 10.2 Å². The van der Waals surface area contributed by atoms with Crippen LogP contribution in [0.1, 0.15) is 48.8 Å². The minimum Gasteiger partial charge on any atom is -0.495 e. The Morgan fingerprint density at radius 1 is 0.875 bits per heavy atom. The van der Waals surface area contributed by atoms with Crippen molar-refractivity contribution in [1.29, 1.82) is 0 Å². The summed E-state index contributed by atoms with van der Waals surface area (Å²) in [4.78, 5) is 30.4. The Kier molecular flexibility index (Phi) is 11.8. The number of aryl methyl sites for hydroxylation is 1. The predicted octanol–water partition coefficient (Wildman–Crippen LogP) is 6.94. The molecule has 5 rings (SSSR count). The molecule has 0 aromatic heterocycles. The summed E-state index contributed by atoms with van der Waals surface area (Å²) < 4.78 is 34.9. The number of sulfonamides is 1. The molecule has 4 aromatic rings. The fourth-order valence-electron chi connectivity index (χ4n) is 6.06. The maximum absolute atomic E-state index is 14.7. The number of carbonyl (C=O) groups is 2. The zero-order chi connectivity index (χ0) is 34.1. The summed E-state index contributed by atoms with van der Waals surface area (Å²) in [5.74, 6) is -0.413. The van der Waals surface area contributed by atoms with E-state index in [0.717, 1.165) is 53.1 Å². The molecule has 0 heterocycles. The average molecular weight is 688 g/mol. The van der Waals surface area contributed by atoms with Gasteiger partial charge in [-0.15, -0.1) is 0 Å². The highest BCUT2D eigenvalue weighted by atomic mass is 35.5. The molecule has 252 valence electrons. The van der Waals surface area contributed by atoms with Crippen molar-refractivity contribution in [2.24, 2.45) is 0 Å². The summed E-state index contributed by atoms with van der Waals surface area (Å²) in [7, 11) is -2.78. The number of amides is 2. The topological polar surface area (TPSA) is 96.0 Å². The lowest BCUT2D eigenvalue weighted by Crippen LogP contribution is -2.55. The Labute approximate surface area is 288 Å². The van der Waals surface area contributed by atoms with Crippen LogP contribution in [0.2, 0.25) is 5.02 Å². The van der Waals surface area contributed by atoms with Gasteiger partial charge in [0.15, 0.2) is 0 Å². The normalized spacial score (nSPS) is 14.1. The molecule has 1 atom stereocenters. The molecule has 0 spiro atoms. The first-order valence-corrected chi connectivity index (χ1v) is 18.1. The highest BCUT2D eigenvalue weighted by Crippen LogP contribution is 2.32. The fraction of sp³-hybridized carbons (Fsp3) is 0.316. The van der Waals surface area contributed by atoms with Crippen molar-refractivity contribution in [2.75, 3.05) is 18.0 Å². The van der Waals surface area contributed by atoms with Gasteiger partial charge in [0, 0.05) is 19.0 Å². The van der Waals surface area contributed by atoms with Crippen LogP contribution in [-0.2, 0) is 32.6 Å². The van der Waals surface area contributed by atoms with E-state index in [1.165, 1.54) is 30.2 Å². The lowest BCUT2D eigenvalue weighted by molar-refractivity contribution is -0.140. The number of carbonyl (C=O) groups excluding carboxylic acids is 2. The number of hydrogen-bond acceptors (Lipinski definition) is 5. The van der Waals surface area contributed by atoms with Gasteiger partial charge in [0.2, 0.25) is 11.8 Å². The highest BCUT2D eigenvalue weighted by Gasteiger charge is 2.35. The molecular weight excluding hydrogens is 646 g/mol. The van der Waals surface area contributed by atoms with E-state index in [1.807, 2.05) is 67.6 Å². The highest BCUT2D eigenvalue weighted by molar-refractivity contribution is 7.92. The van der Waals surface area contributed by atoms with Crippen molar-refractivity contribution >= 4 is 39.1 Å². The molecule has 1 N–H and O–H groups in total. The van der Waals surface area contributed by atoms with Gasteiger partial charge in [-0.1, -0.05) is 109 Å². The molecule has 0 radical (unpaired) electrons. The number of nitrogens with one attached hydrogen (secondary N) is 1. The molecule has 0 aliphatic heterocycles. The summed E-state index contributed by atoms with van der Waals surface area (Å²) in [6.45, 7) is 1.42. The molecular formula is C38H42ClN3O5S. The van der Waals surface area contributed by atoms with Crippen molar-refractivity contribution in [3.8, 4) is 5.75 Å². The van der Waals surface area contributed by atoms with Gasteiger partial charge >= 0.3 is 0 Å². The van der Waals surface area contributed by atoms with Gasteiger partial charge < -0.3 is 15.0 Å². The quantitative estimate of drug-likeness (QED) is 0.164. The van der Waals surface area contributed by atoms with Gasteiger partial charge in [0.25, 0.3) is 10.0 Å². The second kappa shape index (κ2) is 16.2. The number of anilines is 1. The van der Waals surface area contributed by atoms with E-state index in [-0.39, 0.29) is 40.5 Å². The second-order valence-corrected chi connectivity index (χ2v) is 14.5. The van der Waals surface area contributed by atoms with Gasteiger partial charge in [0.1, 0.15) is 18.3 Å². The summed E-state index contributed by atoms with van der Waals surface area (Å²) in [5, 5.41) is 3.43. The van der Waals surface area contributed by atoms with E-state index in [0.29, 0.717) is 5.75 Å². The van der Waals surface area contributed by atoms with Gasteiger partial charge in [-0.25, -0.2) is 8.42 Å². The Morgan fingerprint density at radius 3 is 2.10 bits per heavy atom. The van der Waals surface area contributed by atoms with Gasteiger partial charge in [-0.05, 0) is 61.2 Å². The van der Waals surface area contributed by atoms with E-state index in [4.69, 9.17) is 16.3 Å². The molecule has 0 unspecified atom stereocenters. The van der Waals surface area contributed by atoms with Gasteiger partial charge in [0.05, 0.1) is 22.7 Å². The predicted molar refractivity (Wildman–Crippen MR) is 190 cm³/mol. The molecule has 2 amide bonds. The molecule has 48 heavy (non-hydrogen) atoms. The smallest absolute Gasteiger partial charge is 0.264 e. The minimum absolute atomic E-state index is 0.0260. The Morgan fingerprint density at radius 2 is 1.50 bits per heavy atom. The van der Waals surface area contributed by atoms with Crippen LogP contribution < -0.4 is 14.4 Å². The molecule has 1 fully saturated rings. The largest absolute Gasteiger partial charge is 0.495 e. The number of benzene rings is 4. The van der Waals surface area contributed by atoms with Crippen molar-refractivity contribution in [2.45, 2.75) is 69.0 Å². The Balaban J connectivity index is 1.57. The molecule has 1 saturated carbocycles. The number of hydrogen-bond donors (Lipinski definition) is 1. The lowest BCUT2D eigenvalue weighted by atomic mass is 9.94. The monoisotopic (exact) mass is 687 g/mol. The first-order valence-electron chi connectivity index (χ1n) is 16.3. The molecule has 0 saturated heterocycles. The number of halogens is 1. The third-order valence-electron chi connectivity index (χ3n) is 8.73. The maximum Gasteiger partial charge on any atom is 0.264 e. The summed E-state index contributed by atoms with van der Waals surface area (Å²) in [6, 6.07) is 29.2. The summed E-state index contributed by atoms with van der Waals surface area (Å²) in [6.07, 6.45) is 5.25. The number of nitrogens with zero attached hydrogens (tertiary/aromatic N) is 2. The van der Waals surface area contributed by atoms with E-state index in [1.54, 1.807) is 24.3 Å². The van der Waals surface area contributed by atoms with Crippen molar-refractivity contribution in [3.63, 3.8) is 0 Å². The molecule has 4 aromatic carbocycles. The third-order valence-corrected chi connectivity index (χ3v) is 10.8. The van der Waals surface area contributed by atoms with Crippen LogP contribution in [0.25, 0.3) is 0 Å². The number of ether oxygens (including phenoxy) is 1. The number of methoxy groups -OCH3 is 1. The van der Waals surface area contributed by atoms with Gasteiger partial charge in [-0.2, -0.15) is 0 Å². The van der Waals surface area contributed by atoms with Crippen LogP contribution in [0.3, 0.4) is 0 Å². The maximum atomic E-state index is 14.7. The van der Waals surface area contributed by atoms with E-state index in [9.17, 15) is 18.0 Å². The van der Waals surface area contributed by atoms with Crippen molar-refractivity contribution in [3.05, 3.63) is 125 Å². The molecule has 10 heteroatoms. The van der Waals surface area contributed by atoms with Crippen LogP contribution in [0.5, 0.6) is 5.75 Å². The summed E-state index contributed by atoms with van der Waals surface area (Å²) >= 11 is 6.48. The summed E-state index contributed by atoms with van der Waals surface area (Å²) in [5.41, 5.74) is 2.79. The van der Waals surface area contributed by atoms with Crippen LogP contribution in [0, 0.1) is 6.92 Å². The first kappa shape index (κ1) is 35.0. The zero-order valence-electron chi connectivity index (χ0n) is 27.3.